The van der Waals surface area contributed by atoms with E-state index in [1.54, 1.807) is 0 Å². The van der Waals surface area contributed by atoms with Crippen molar-refractivity contribution in [1.29, 1.82) is 0 Å². The summed E-state index contributed by atoms with van der Waals surface area (Å²) < 4.78 is 0. The van der Waals surface area contributed by atoms with E-state index >= 15 is 0 Å². The van der Waals surface area contributed by atoms with Gasteiger partial charge in [0.2, 0.25) is 0 Å². The lowest BCUT2D eigenvalue weighted by atomic mass is 9.80. The number of nitrogens with one attached hydrogen (secondary N) is 1. The third-order valence-corrected chi connectivity index (χ3v) is 4.75. The van der Waals surface area contributed by atoms with Crippen LogP contribution in [0.4, 0.5) is 0 Å². The van der Waals surface area contributed by atoms with E-state index in [1.165, 1.54) is 32.1 Å². The maximum absolute atomic E-state index is 3.88. The number of rotatable bonds is 3. The summed E-state index contributed by atoms with van der Waals surface area (Å²) in [6, 6.07) is 1.51. The standard InChI is InChI=1S/C14H27N/c1-10-7-11(2)9-13(8-10)15-12(3)14(4)5-6-14/h10-13,15H,5-9H2,1-4H3. The molecule has 2 saturated carbocycles. The van der Waals surface area contributed by atoms with Crippen LogP contribution in [0, 0.1) is 17.3 Å². The van der Waals surface area contributed by atoms with E-state index in [0.29, 0.717) is 5.41 Å². The SMILES string of the molecule is CC1CC(C)CC(NC(C)C2(C)CC2)C1. The van der Waals surface area contributed by atoms with E-state index in [-0.39, 0.29) is 0 Å². The zero-order chi connectivity index (χ0) is 11.1. The van der Waals surface area contributed by atoms with Crippen molar-refractivity contribution >= 4 is 0 Å². The molecule has 0 amide bonds. The van der Waals surface area contributed by atoms with Gasteiger partial charge in [-0.25, -0.2) is 0 Å². The molecule has 0 radical (unpaired) electrons. The molecule has 0 aromatic heterocycles. The molecule has 1 heteroatoms. The Morgan fingerprint density at radius 1 is 1.07 bits per heavy atom. The molecule has 0 bridgehead atoms. The Bertz CT molecular complexity index is 209. The molecule has 0 aromatic rings. The molecule has 1 nitrogen and oxygen atoms in total. The van der Waals surface area contributed by atoms with Gasteiger partial charge in [-0.15, -0.1) is 0 Å². The molecule has 0 heterocycles. The molecule has 88 valence electrons. The molecule has 0 aliphatic heterocycles. The highest BCUT2D eigenvalue weighted by Gasteiger charge is 2.43. The molecule has 3 unspecified atom stereocenters. The maximum Gasteiger partial charge on any atom is 0.00951 e. The zero-order valence-corrected chi connectivity index (χ0v) is 10.8. The zero-order valence-electron chi connectivity index (χ0n) is 10.8. The summed E-state index contributed by atoms with van der Waals surface area (Å²) >= 11 is 0. The smallest absolute Gasteiger partial charge is 0.00951 e. The fourth-order valence-electron chi connectivity index (χ4n) is 3.27. The van der Waals surface area contributed by atoms with Crippen LogP contribution in [-0.4, -0.2) is 12.1 Å². The van der Waals surface area contributed by atoms with Crippen molar-refractivity contribution in [2.24, 2.45) is 17.3 Å². The second kappa shape index (κ2) is 4.08. The van der Waals surface area contributed by atoms with Crippen molar-refractivity contribution in [1.82, 2.24) is 5.32 Å². The molecule has 2 fully saturated rings. The first-order valence-electron chi connectivity index (χ1n) is 6.75. The lowest BCUT2D eigenvalue weighted by Gasteiger charge is -2.35. The molecular formula is C14H27N. The molecule has 1 N–H and O–H groups in total. The van der Waals surface area contributed by atoms with Gasteiger partial charge in [-0.05, 0) is 56.3 Å². The Morgan fingerprint density at radius 2 is 1.60 bits per heavy atom. The van der Waals surface area contributed by atoms with Gasteiger partial charge in [0.05, 0.1) is 0 Å². The first-order valence-corrected chi connectivity index (χ1v) is 6.75. The monoisotopic (exact) mass is 209 g/mol. The van der Waals surface area contributed by atoms with Crippen LogP contribution in [0.25, 0.3) is 0 Å². The molecule has 15 heavy (non-hydrogen) atoms. The Balaban J connectivity index is 1.83. The van der Waals surface area contributed by atoms with Gasteiger partial charge in [0, 0.05) is 12.1 Å². The summed E-state index contributed by atoms with van der Waals surface area (Å²) in [6.07, 6.45) is 7.08. The first kappa shape index (κ1) is 11.4. The minimum absolute atomic E-state index is 0.629. The lowest BCUT2D eigenvalue weighted by Crippen LogP contribution is -2.44. The van der Waals surface area contributed by atoms with Gasteiger partial charge in [0.1, 0.15) is 0 Å². The predicted molar refractivity (Wildman–Crippen MR) is 65.9 cm³/mol. The van der Waals surface area contributed by atoms with Gasteiger partial charge in [0.15, 0.2) is 0 Å². The van der Waals surface area contributed by atoms with E-state index < -0.39 is 0 Å². The highest BCUT2D eigenvalue weighted by atomic mass is 15.0. The minimum atomic E-state index is 0.629. The molecule has 3 atom stereocenters. The van der Waals surface area contributed by atoms with Gasteiger partial charge in [0.25, 0.3) is 0 Å². The van der Waals surface area contributed by atoms with Crippen LogP contribution in [0.2, 0.25) is 0 Å². The summed E-state index contributed by atoms with van der Waals surface area (Å²) in [7, 11) is 0. The molecule has 2 aliphatic rings. The third kappa shape index (κ3) is 2.75. The van der Waals surface area contributed by atoms with Gasteiger partial charge < -0.3 is 5.32 Å². The summed E-state index contributed by atoms with van der Waals surface area (Å²) in [5, 5.41) is 3.88. The van der Waals surface area contributed by atoms with Crippen LogP contribution in [0.5, 0.6) is 0 Å². The van der Waals surface area contributed by atoms with Gasteiger partial charge in [-0.3, -0.25) is 0 Å². The van der Waals surface area contributed by atoms with Gasteiger partial charge >= 0.3 is 0 Å². The van der Waals surface area contributed by atoms with Crippen LogP contribution >= 0.6 is 0 Å². The topological polar surface area (TPSA) is 12.0 Å². The molecule has 0 spiro atoms. The van der Waals surface area contributed by atoms with E-state index in [1.807, 2.05) is 0 Å². The van der Waals surface area contributed by atoms with E-state index in [2.05, 4.69) is 33.0 Å². The summed E-state index contributed by atoms with van der Waals surface area (Å²) in [6.45, 7) is 9.64. The van der Waals surface area contributed by atoms with Gasteiger partial charge in [-0.1, -0.05) is 20.8 Å². The van der Waals surface area contributed by atoms with Crippen molar-refractivity contribution in [3.05, 3.63) is 0 Å². The second-order valence-corrected chi connectivity index (χ2v) is 6.66. The van der Waals surface area contributed by atoms with Crippen LogP contribution in [0.3, 0.4) is 0 Å². The summed E-state index contributed by atoms with van der Waals surface area (Å²) in [5.74, 6) is 1.84. The van der Waals surface area contributed by atoms with E-state index in [4.69, 9.17) is 0 Å². The normalized spacial score (nSPS) is 41.2. The lowest BCUT2D eigenvalue weighted by molar-refractivity contribution is 0.210. The average Bonchev–Trinajstić information content (AvgIpc) is 2.83. The highest BCUT2D eigenvalue weighted by molar-refractivity contribution is 4.98. The molecule has 0 saturated heterocycles. The van der Waals surface area contributed by atoms with Crippen molar-refractivity contribution in [3.63, 3.8) is 0 Å². The minimum Gasteiger partial charge on any atom is -0.311 e. The van der Waals surface area contributed by atoms with Crippen LogP contribution in [-0.2, 0) is 0 Å². The first-order chi connectivity index (χ1) is 6.99. The average molecular weight is 209 g/mol. The summed E-state index contributed by atoms with van der Waals surface area (Å²) in [4.78, 5) is 0. The predicted octanol–water partition coefficient (Wildman–Crippen LogP) is 3.59. The van der Waals surface area contributed by atoms with Crippen LogP contribution in [0.15, 0.2) is 0 Å². The van der Waals surface area contributed by atoms with E-state index in [9.17, 15) is 0 Å². The molecule has 2 rings (SSSR count). The largest absolute Gasteiger partial charge is 0.311 e. The Kier molecular flexibility index (Phi) is 3.12. The quantitative estimate of drug-likeness (QED) is 0.749. The number of hydrogen-bond acceptors (Lipinski definition) is 1. The number of hydrogen-bond donors (Lipinski definition) is 1. The van der Waals surface area contributed by atoms with Crippen LogP contribution < -0.4 is 5.32 Å². The third-order valence-electron chi connectivity index (χ3n) is 4.75. The van der Waals surface area contributed by atoms with E-state index in [0.717, 1.165) is 23.9 Å². The van der Waals surface area contributed by atoms with Crippen molar-refractivity contribution in [2.75, 3.05) is 0 Å². The fourth-order valence-corrected chi connectivity index (χ4v) is 3.27. The summed E-state index contributed by atoms with van der Waals surface area (Å²) in [5.41, 5.74) is 0.629. The van der Waals surface area contributed by atoms with Crippen molar-refractivity contribution in [3.8, 4) is 0 Å². The Morgan fingerprint density at radius 3 is 2.07 bits per heavy atom. The highest BCUT2D eigenvalue weighted by Crippen LogP contribution is 2.48. The van der Waals surface area contributed by atoms with Crippen molar-refractivity contribution < 1.29 is 0 Å². The maximum atomic E-state index is 3.88. The fraction of sp³-hybridized carbons (Fsp3) is 1.00. The Hall–Kier alpha value is -0.0400. The second-order valence-electron chi connectivity index (χ2n) is 6.66. The Labute approximate surface area is 95.0 Å². The molecule has 2 aliphatic carbocycles. The van der Waals surface area contributed by atoms with Crippen molar-refractivity contribution in [2.45, 2.75) is 71.9 Å². The molecule has 0 aromatic carbocycles. The molecular weight excluding hydrogens is 182 g/mol. The van der Waals surface area contributed by atoms with Crippen LogP contribution in [0.1, 0.15) is 59.8 Å². The van der Waals surface area contributed by atoms with Gasteiger partial charge in [-0.2, -0.15) is 0 Å².